The molecule has 180 valence electrons. The number of nitrogens with zero attached hydrogens (tertiary/aromatic N) is 1. The van der Waals surface area contributed by atoms with Crippen LogP contribution >= 0.6 is 0 Å². The van der Waals surface area contributed by atoms with Gasteiger partial charge in [0.25, 0.3) is 5.91 Å². The Kier molecular flexibility index (Phi) is 6.93. The summed E-state index contributed by atoms with van der Waals surface area (Å²) in [5.41, 5.74) is 2.03. The molecule has 2 heterocycles. The lowest BCUT2D eigenvalue weighted by Crippen LogP contribution is -3.06. The van der Waals surface area contributed by atoms with E-state index < -0.39 is 23.5 Å². The van der Waals surface area contributed by atoms with Crippen molar-refractivity contribution < 1.29 is 29.1 Å². The van der Waals surface area contributed by atoms with Crippen molar-refractivity contribution in [1.82, 2.24) is 4.90 Å². The quantitative estimate of drug-likeness (QED) is 0.360. The number of Topliss-reactive ketones (excluding diaryl/α,β-unsaturated/α-hetero) is 1. The number of benzene rings is 2. The summed E-state index contributed by atoms with van der Waals surface area (Å²) in [6.07, 6.45) is 1.61. The number of hydrogen-bond acceptors (Lipinski definition) is 5. The van der Waals surface area contributed by atoms with Gasteiger partial charge in [-0.2, -0.15) is 0 Å². The number of rotatable bonds is 8. The zero-order chi connectivity index (χ0) is 24.4. The molecular weight excluding hydrogens is 432 g/mol. The number of hydrogen-bond donors (Lipinski definition) is 1. The summed E-state index contributed by atoms with van der Waals surface area (Å²) in [5.74, 6) is -0.359. The van der Waals surface area contributed by atoms with Crippen LogP contribution in [0.5, 0.6) is 11.5 Å². The van der Waals surface area contributed by atoms with Gasteiger partial charge in [0.15, 0.2) is 0 Å². The molecule has 2 aromatic carbocycles. The first-order valence-corrected chi connectivity index (χ1v) is 11.9. The first-order valence-electron chi connectivity index (χ1n) is 11.9. The number of nitrogens with one attached hydrogen (secondary N) is 1. The van der Waals surface area contributed by atoms with Gasteiger partial charge in [-0.1, -0.05) is 30.9 Å². The van der Waals surface area contributed by atoms with Gasteiger partial charge in [-0.15, -0.1) is 0 Å². The fraction of sp³-hybridized carbons (Fsp3) is 0.407. The molecule has 2 aromatic rings. The third-order valence-corrected chi connectivity index (χ3v) is 6.19. The maximum absolute atomic E-state index is 13.7. The lowest BCUT2D eigenvalue weighted by molar-refractivity contribution is -0.857. The fourth-order valence-corrected chi connectivity index (χ4v) is 4.50. The maximum Gasteiger partial charge on any atom is 0.295 e. The molecule has 7 nitrogen and oxygen atoms in total. The Morgan fingerprint density at radius 2 is 2.00 bits per heavy atom. The zero-order valence-electron chi connectivity index (χ0n) is 20.2. The van der Waals surface area contributed by atoms with Crippen LogP contribution in [0, 0.1) is 0 Å². The number of amides is 1. The molecule has 1 fully saturated rings. The van der Waals surface area contributed by atoms with E-state index in [1.54, 1.807) is 18.2 Å². The van der Waals surface area contributed by atoms with E-state index in [4.69, 9.17) is 9.47 Å². The van der Waals surface area contributed by atoms with Crippen molar-refractivity contribution in [2.24, 2.45) is 0 Å². The molecule has 0 spiro atoms. The second-order valence-electron chi connectivity index (χ2n) is 9.31. The number of likely N-dealkylation sites (tertiary alicyclic amines) is 1. The van der Waals surface area contributed by atoms with E-state index in [-0.39, 0.29) is 11.7 Å². The number of fused-ring (bicyclic) bond motifs is 1. The van der Waals surface area contributed by atoms with E-state index in [9.17, 15) is 14.7 Å². The highest BCUT2D eigenvalue weighted by Crippen LogP contribution is 2.40. The second kappa shape index (κ2) is 9.89. The summed E-state index contributed by atoms with van der Waals surface area (Å²) >= 11 is 0. The van der Waals surface area contributed by atoms with Crippen molar-refractivity contribution in [3.8, 4) is 11.5 Å². The van der Waals surface area contributed by atoms with Crippen molar-refractivity contribution in [3.63, 3.8) is 0 Å². The lowest BCUT2D eigenvalue weighted by atomic mass is 9.94. The molecule has 2 unspecified atom stereocenters. The predicted octanol–water partition coefficient (Wildman–Crippen LogP) is 1.17. The van der Waals surface area contributed by atoms with Gasteiger partial charge in [0.1, 0.15) is 17.6 Å². The molecule has 2 aliphatic rings. The van der Waals surface area contributed by atoms with Gasteiger partial charge >= 0.3 is 0 Å². The van der Waals surface area contributed by atoms with Gasteiger partial charge in [0, 0.05) is 12.0 Å². The normalized spacial score (nSPS) is 21.1. The Morgan fingerprint density at radius 1 is 1.21 bits per heavy atom. The Bertz CT molecular complexity index is 1120. The van der Waals surface area contributed by atoms with Crippen molar-refractivity contribution >= 4 is 17.4 Å². The van der Waals surface area contributed by atoms with Crippen LogP contribution in [0.25, 0.3) is 5.76 Å². The number of quaternary nitrogens is 1. The topological polar surface area (TPSA) is 83.3 Å². The largest absolute Gasteiger partial charge is 0.872 e. The minimum absolute atomic E-state index is 0.00156. The van der Waals surface area contributed by atoms with Gasteiger partial charge in [-0.05, 0) is 54.3 Å². The van der Waals surface area contributed by atoms with E-state index in [1.165, 1.54) is 4.90 Å². The van der Waals surface area contributed by atoms with Gasteiger partial charge in [-0.3, -0.25) is 9.59 Å². The molecule has 2 aliphatic heterocycles. The standard InChI is InChI=1S/C27H32N2O5/c1-5-13-33-21-8-6-7-18(16-21)24-23(26(31)27(32)29(24)12-11-28(3)4)25(30)19-9-10-22-20(15-19)14-17(2)34-22/h6-10,15-17,24,30H,5,11-14H2,1-4H3/b25-23+. The lowest BCUT2D eigenvalue weighted by Gasteiger charge is -2.28. The number of carbonyl (C=O) groups is 2. The van der Waals surface area contributed by atoms with Gasteiger partial charge in [0.2, 0.25) is 5.78 Å². The number of ketones is 1. The Hall–Kier alpha value is -3.32. The first kappa shape index (κ1) is 23.8. The van der Waals surface area contributed by atoms with E-state index in [0.29, 0.717) is 43.0 Å². The van der Waals surface area contributed by atoms with Crippen molar-refractivity contribution in [3.05, 3.63) is 64.7 Å². The molecule has 0 saturated carbocycles. The van der Waals surface area contributed by atoms with Crippen LogP contribution in [0.2, 0.25) is 0 Å². The van der Waals surface area contributed by atoms with Crippen molar-refractivity contribution in [1.29, 1.82) is 0 Å². The summed E-state index contributed by atoms with van der Waals surface area (Å²) in [5, 5.41) is 13.7. The zero-order valence-corrected chi connectivity index (χ0v) is 20.2. The first-order chi connectivity index (χ1) is 16.3. The number of ether oxygens (including phenoxy) is 2. The average Bonchev–Trinajstić information content (AvgIpc) is 3.31. The van der Waals surface area contributed by atoms with Crippen LogP contribution in [0.3, 0.4) is 0 Å². The summed E-state index contributed by atoms with van der Waals surface area (Å²) in [6, 6.07) is 11.8. The Balaban J connectivity index is 1.80. The molecule has 0 bridgehead atoms. The van der Waals surface area contributed by atoms with Crippen molar-refractivity contribution in [2.75, 3.05) is 33.8 Å². The highest BCUT2D eigenvalue weighted by atomic mass is 16.5. The van der Waals surface area contributed by atoms with E-state index >= 15 is 0 Å². The highest BCUT2D eigenvalue weighted by Gasteiger charge is 2.44. The molecular formula is C27H32N2O5. The van der Waals surface area contributed by atoms with Crippen molar-refractivity contribution in [2.45, 2.75) is 38.8 Å². The second-order valence-corrected chi connectivity index (χ2v) is 9.31. The van der Waals surface area contributed by atoms with Gasteiger partial charge in [-0.25, -0.2) is 0 Å². The molecule has 1 saturated heterocycles. The molecule has 7 heteroatoms. The minimum atomic E-state index is -0.750. The van der Waals surface area contributed by atoms with E-state index in [0.717, 1.165) is 22.6 Å². The third-order valence-electron chi connectivity index (χ3n) is 6.19. The summed E-state index contributed by atoms with van der Waals surface area (Å²) in [6.45, 7) is 5.58. The van der Waals surface area contributed by atoms with Crippen LogP contribution in [0.15, 0.2) is 48.0 Å². The van der Waals surface area contributed by atoms with Gasteiger partial charge < -0.3 is 24.4 Å². The van der Waals surface area contributed by atoms with Crippen LogP contribution in [0.1, 0.15) is 43.0 Å². The molecule has 4 rings (SSSR count). The van der Waals surface area contributed by atoms with Gasteiger partial charge in [0.05, 0.1) is 39.8 Å². The Morgan fingerprint density at radius 3 is 2.74 bits per heavy atom. The van der Waals surface area contributed by atoms with Crippen LogP contribution in [0.4, 0.5) is 0 Å². The smallest absolute Gasteiger partial charge is 0.295 e. The molecule has 34 heavy (non-hydrogen) atoms. The molecule has 0 radical (unpaired) electrons. The highest BCUT2D eigenvalue weighted by molar-refractivity contribution is 6.46. The molecule has 0 aliphatic carbocycles. The molecule has 1 N–H and O–H groups in total. The van der Waals surface area contributed by atoms with E-state index in [2.05, 4.69) is 0 Å². The van der Waals surface area contributed by atoms with Crippen LogP contribution in [-0.4, -0.2) is 56.5 Å². The number of likely N-dealkylation sites (N-methyl/N-ethyl adjacent to an activating group) is 1. The summed E-state index contributed by atoms with van der Waals surface area (Å²) in [4.78, 5) is 28.9. The summed E-state index contributed by atoms with van der Waals surface area (Å²) in [7, 11) is 3.97. The monoisotopic (exact) mass is 464 g/mol. The molecule has 2 atom stereocenters. The number of carbonyl (C=O) groups excluding carboxylic acids is 2. The van der Waals surface area contributed by atoms with Crippen LogP contribution in [-0.2, 0) is 16.0 Å². The van der Waals surface area contributed by atoms with Crippen LogP contribution < -0.4 is 19.5 Å². The predicted molar refractivity (Wildman–Crippen MR) is 127 cm³/mol. The molecule has 0 aromatic heterocycles. The third kappa shape index (κ3) is 4.66. The minimum Gasteiger partial charge on any atom is -0.872 e. The maximum atomic E-state index is 13.7. The fourth-order valence-electron chi connectivity index (χ4n) is 4.50. The Labute approximate surface area is 200 Å². The summed E-state index contributed by atoms with van der Waals surface area (Å²) < 4.78 is 11.5. The SMILES string of the molecule is CCCOc1cccc(C2/C(=C(\[O-])c3ccc4c(c3)CC(C)O4)C(=O)C(=O)N2CC[NH+](C)C)c1. The van der Waals surface area contributed by atoms with E-state index in [1.807, 2.05) is 52.2 Å². The molecule has 1 amide bonds. The average molecular weight is 465 g/mol.